The average molecular weight is 326 g/mol. The topological polar surface area (TPSA) is 75.6 Å². The second-order valence-corrected chi connectivity index (χ2v) is 7.95. The third-order valence-electron chi connectivity index (χ3n) is 4.40. The van der Waals surface area contributed by atoms with Crippen molar-refractivity contribution in [3.8, 4) is 5.88 Å². The predicted molar refractivity (Wildman–Crippen MR) is 83.5 cm³/mol. The van der Waals surface area contributed by atoms with Gasteiger partial charge in [0, 0.05) is 38.4 Å². The Morgan fingerprint density at radius 3 is 2.50 bits per heavy atom. The van der Waals surface area contributed by atoms with Gasteiger partial charge in [-0.05, 0) is 25.7 Å². The number of methoxy groups -OCH3 is 1. The highest BCUT2D eigenvalue weighted by Crippen LogP contribution is 2.26. The lowest BCUT2D eigenvalue weighted by atomic mass is 10.1. The van der Waals surface area contributed by atoms with Crippen LogP contribution in [0.1, 0.15) is 25.7 Å². The van der Waals surface area contributed by atoms with E-state index in [2.05, 4.69) is 9.97 Å². The number of hydrogen-bond donors (Lipinski definition) is 0. The van der Waals surface area contributed by atoms with E-state index in [0.29, 0.717) is 50.8 Å². The standard InChI is InChI=1S/C14H22N4O3S/c1-21-13-4-7-15-14(16-13)17-10-5-12(6-11-17)22(19,20)18-8-2-3-9-18/h4,7,12H,2-3,5-6,8-11H2,1H3. The normalized spacial score (nSPS) is 21.2. The molecule has 1 aromatic rings. The zero-order chi connectivity index (χ0) is 15.6. The molecule has 0 atom stereocenters. The summed E-state index contributed by atoms with van der Waals surface area (Å²) in [6, 6.07) is 1.70. The fraction of sp³-hybridized carbons (Fsp3) is 0.714. The molecule has 2 aliphatic heterocycles. The number of hydrogen-bond acceptors (Lipinski definition) is 6. The van der Waals surface area contributed by atoms with Gasteiger partial charge < -0.3 is 9.64 Å². The molecule has 3 heterocycles. The molecular formula is C14H22N4O3S. The summed E-state index contributed by atoms with van der Waals surface area (Å²) in [5, 5.41) is -0.271. The van der Waals surface area contributed by atoms with Gasteiger partial charge >= 0.3 is 0 Å². The zero-order valence-corrected chi connectivity index (χ0v) is 13.6. The maximum Gasteiger partial charge on any atom is 0.228 e. The summed E-state index contributed by atoms with van der Waals surface area (Å²) in [7, 11) is -1.57. The van der Waals surface area contributed by atoms with Crippen LogP contribution in [-0.2, 0) is 10.0 Å². The number of ether oxygens (including phenoxy) is 1. The van der Waals surface area contributed by atoms with Gasteiger partial charge in [0.2, 0.25) is 21.9 Å². The Morgan fingerprint density at radius 2 is 1.86 bits per heavy atom. The highest BCUT2D eigenvalue weighted by molar-refractivity contribution is 7.89. The fourth-order valence-corrected chi connectivity index (χ4v) is 5.10. The number of aromatic nitrogens is 2. The van der Waals surface area contributed by atoms with E-state index in [4.69, 9.17) is 4.74 Å². The molecule has 122 valence electrons. The Balaban J connectivity index is 1.64. The molecule has 2 saturated heterocycles. The highest BCUT2D eigenvalue weighted by Gasteiger charge is 2.36. The summed E-state index contributed by atoms with van der Waals surface area (Å²) < 4.78 is 31.9. The van der Waals surface area contributed by atoms with Gasteiger partial charge in [-0.25, -0.2) is 17.7 Å². The van der Waals surface area contributed by atoms with E-state index >= 15 is 0 Å². The maximum atomic E-state index is 12.6. The number of piperidine rings is 1. The van der Waals surface area contributed by atoms with Crippen LogP contribution < -0.4 is 9.64 Å². The van der Waals surface area contributed by atoms with E-state index in [1.54, 1.807) is 23.7 Å². The molecule has 2 aliphatic rings. The lowest BCUT2D eigenvalue weighted by Gasteiger charge is -2.33. The van der Waals surface area contributed by atoms with Crippen molar-refractivity contribution in [3.63, 3.8) is 0 Å². The van der Waals surface area contributed by atoms with Gasteiger partial charge in [0.25, 0.3) is 0 Å². The van der Waals surface area contributed by atoms with Crippen molar-refractivity contribution < 1.29 is 13.2 Å². The third-order valence-corrected chi connectivity index (χ3v) is 6.80. The highest BCUT2D eigenvalue weighted by atomic mass is 32.2. The molecule has 0 saturated carbocycles. The van der Waals surface area contributed by atoms with Crippen LogP contribution in [0.25, 0.3) is 0 Å². The summed E-state index contributed by atoms with van der Waals surface area (Å²) in [5.74, 6) is 1.13. The van der Waals surface area contributed by atoms with Crippen molar-refractivity contribution in [1.82, 2.24) is 14.3 Å². The Bertz CT molecular complexity index is 608. The molecule has 0 aliphatic carbocycles. The van der Waals surface area contributed by atoms with Gasteiger partial charge in [-0.2, -0.15) is 4.98 Å². The number of sulfonamides is 1. The number of rotatable bonds is 4. The van der Waals surface area contributed by atoms with E-state index in [1.165, 1.54) is 0 Å². The van der Waals surface area contributed by atoms with Gasteiger partial charge in [-0.3, -0.25) is 0 Å². The van der Waals surface area contributed by atoms with Crippen LogP contribution in [0.5, 0.6) is 5.88 Å². The SMILES string of the molecule is COc1ccnc(N2CCC(S(=O)(=O)N3CCCC3)CC2)n1. The van der Waals surface area contributed by atoms with Crippen LogP contribution in [0.2, 0.25) is 0 Å². The lowest BCUT2D eigenvalue weighted by molar-refractivity contribution is 0.395. The first kappa shape index (κ1) is 15.5. The minimum atomic E-state index is -3.14. The minimum absolute atomic E-state index is 0.271. The zero-order valence-electron chi connectivity index (χ0n) is 12.8. The van der Waals surface area contributed by atoms with Crippen LogP contribution in [0.15, 0.2) is 12.3 Å². The van der Waals surface area contributed by atoms with Gasteiger partial charge in [0.05, 0.1) is 12.4 Å². The quantitative estimate of drug-likeness (QED) is 0.817. The van der Waals surface area contributed by atoms with Crippen molar-refractivity contribution in [1.29, 1.82) is 0 Å². The molecule has 0 N–H and O–H groups in total. The van der Waals surface area contributed by atoms with E-state index in [-0.39, 0.29) is 5.25 Å². The van der Waals surface area contributed by atoms with Gasteiger partial charge in [0.15, 0.2) is 0 Å². The Kier molecular flexibility index (Phi) is 4.49. The Hall–Kier alpha value is -1.41. The average Bonchev–Trinajstić information content (AvgIpc) is 3.10. The largest absolute Gasteiger partial charge is 0.481 e. The van der Waals surface area contributed by atoms with Crippen LogP contribution in [0.4, 0.5) is 5.95 Å². The van der Waals surface area contributed by atoms with Crippen LogP contribution >= 0.6 is 0 Å². The molecule has 22 heavy (non-hydrogen) atoms. The van der Waals surface area contributed by atoms with Crippen molar-refractivity contribution in [3.05, 3.63) is 12.3 Å². The van der Waals surface area contributed by atoms with E-state index in [1.807, 2.05) is 4.90 Å². The molecule has 0 unspecified atom stereocenters. The van der Waals surface area contributed by atoms with Crippen molar-refractivity contribution >= 4 is 16.0 Å². The molecule has 0 amide bonds. The van der Waals surface area contributed by atoms with E-state index in [9.17, 15) is 8.42 Å². The fourth-order valence-electron chi connectivity index (χ4n) is 3.11. The Morgan fingerprint density at radius 1 is 1.18 bits per heavy atom. The minimum Gasteiger partial charge on any atom is -0.481 e. The molecule has 0 bridgehead atoms. The molecule has 2 fully saturated rings. The molecule has 7 nitrogen and oxygen atoms in total. The lowest BCUT2D eigenvalue weighted by Crippen LogP contribution is -2.45. The van der Waals surface area contributed by atoms with Crippen molar-refractivity contribution in [2.75, 3.05) is 38.2 Å². The van der Waals surface area contributed by atoms with Crippen LogP contribution in [0.3, 0.4) is 0 Å². The summed E-state index contributed by atoms with van der Waals surface area (Å²) in [4.78, 5) is 10.6. The molecule has 0 aromatic carbocycles. The third kappa shape index (κ3) is 3.03. The van der Waals surface area contributed by atoms with Gasteiger partial charge in [-0.1, -0.05) is 0 Å². The molecular weight excluding hydrogens is 304 g/mol. The van der Waals surface area contributed by atoms with Crippen molar-refractivity contribution in [2.45, 2.75) is 30.9 Å². The summed E-state index contributed by atoms with van der Waals surface area (Å²) in [6.07, 6.45) is 4.87. The summed E-state index contributed by atoms with van der Waals surface area (Å²) in [5.41, 5.74) is 0. The monoisotopic (exact) mass is 326 g/mol. The van der Waals surface area contributed by atoms with Crippen LogP contribution in [-0.4, -0.2) is 61.2 Å². The first-order chi connectivity index (χ1) is 10.6. The Labute approximate surface area is 131 Å². The smallest absolute Gasteiger partial charge is 0.228 e. The first-order valence-electron chi connectivity index (χ1n) is 7.72. The summed E-state index contributed by atoms with van der Waals surface area (Å²) >= 11 is 0. The molecule has 0 radical (unpaired) electrons. The summed E-state index contributed by atoms with van der Waals surface area (Å²) in [6.45, 7) is 2.68. The molecule has 0 spiro atoms. The molecule has 1 aromatic heterocycles. The second-order valence-electron chi connectivity index (χ2n) is 5.74. The first-order valence-corrected chi connectivity index (χ1v) is 9.22. The van der Waals surface area contributed by atoms with E-state index in [0.717, 1.165) is 12.8 Å². The maximum absolute atomic E-state index is 12.6. The molecule has 3 rings (SSSR count). The predicted octanol–water partition coefficient (Wildman–Crippen LogP) is 0.880. The number of nitrogens with zero attached hydrogens (tertiary/aromatic N) is 4. The second kappa shape index (κ2) is 6.37. The molecule has 8 heteroatoms. The number of anilines is 1. The van der Waals surface area contributed by atoms with E-state index < -0.39 is 10.0 Å². The van der Waals surface area contributed by atoms with Crippen LogP contribution in [0, 0.1) is 0 Å². The van der Waals surface area contributed by atoms with Gasteiger partial charge in [0.1, 0.15) is 0 Å². The van der Waals surface area contributed by atoms with Crippen molar-refractivity contribution in [2.24, 2.45) is 0 Å². The van der Waals surface area contributed by atoms with Gasteiger partial charge in [-0.15, -0.1) is 0 Å².